The molecule has 0 unspecified atom stereocenters. The zero-order chi connectivity index (χ0) is 24.0. The molecule has 0 fully saturated rings. The number of anilines is 2. The molecule has 3 aromatic rings. The van der Waals surface area contributed by atoms with Crippen LogP contribution in [0.5, 0.6) is 11.5 Å². The van der Waals surface area contributed by atoms with Crippen molar-refractivity contribution < 1.29 is 23.1 Å². The van der Waals surface area contributed by atoms with E-state index in [1.807, 2.05) is 6.92 Å². The molecule has 0 aromatic heterocycles. The van der Waals surface area contributed by atoms with Gasteiger partial charge >= 0.3 is 0 Å². The maximum atomic E-state index is 12.6. The summed E-state index contributed by atoms with van der Waals surface area (Å²) in [6.45, 7) is 2.39. The van der Waals surface area contributed by atoms with Gasteiger partial charge in [0.05, 0.1) is 16.0 Å². The molecule has 4 N–H and O–H groups in total. The van der Waals surface area contributed by atoms with Crippen molar-refractivity contribution in [2.75, 3.05) is 16.6 Å². The lowest BCUT2D eigenvalue weighted by atomic mass is 10.2. The minimum atomic E-state index is -3.79. The number of hydrogen-bond acceptors (Lipinski definition) is 6. The summed E-state index contributed by atoms with van der Waals surface area (Å²) in [5, 5.41) is 14.9. The monoisotopic (exact) mass is 549 g/mol. The number of phenolic OH excluding ortho intramolecular Hbond substituents is 1. The van der Waals surface area contributed by atoms with Crippen LogP contribution in [0.15, 0.2) is 76.1 Å². The molecule has 0 spiro atoms. The second-order valence-electron chi connectivity index (χ2n) is 6.66. The lowest BCUT2D eigenvalue weighted by Crippen LogP contribution is -2.34. The number of rotatable bonds is 7. The van der Waals surface area contributed by atoms with Gasteiger partial charge in [-0.2, -0.15) is 0 Å². The molecule has 0 saturated heterocycles. The van der Waals surface area contributed by atoms with Crippen LogP contribution in [0.4, 0.5) is 11.4 Å². The number of sulfonamides is 1. The number of ether oxygens (including phenoxy) is 1. The first-order valence-corrected chi connectivity index (χ1v) is 12.3. The number of halogens is 1. The van der Waals surface area contributed by atoms with Crippen LogP contribution in [0.25, 0.3) is 0 Å². The fourth-order valence-electron chi connectivity index (χ4n) is 2.70. The molecule has 33 heavy (non-hydrogen) atoms. The molecule has 0 radical (unpaired) electrons. The molecule has 0 aliphatic heterocycles. The highest BCUT2D eigenvalue weighted by atomic mass is 79.9. The van der Waals surface area contributed by atoms with Gasteiger partial charge in [0.15, 0.2) is 5.11 Å². The summed E-state index contributed by atoms with van der Waals surface area (Å²) in [6.07, 6.45) is 0. The largest absolute Gasteiger partial charge is 0.507 e. The number of hydrogen-bond donors (Lipinski definition) is 4. The second kappa shape index (κ2) is 10.6. The molecule has 8 nitrogen and oxygen atoms in total. The number of thiocarbonyl (C=S) groups is 1. The fourth-order valence-corrected chi connectivity index (χ4v) is 4.35. The number of aromatic hydroxyl groups is 1. The smallest absolute Gasteiger partial charge is 0.261 e. The predicted molar refractivity (Wildman–Crippen MR) is 134 cm³/mol. The molecule has 0 aliphatic rings. The topological polar surface area (TPSA) is 117 Å². The van der Waals surface area contributed by atoms with Crippen LogP contribution in [-0.2, 0) is 10.0 Å². The molecule has 3 aromatic carbocycles. The van der Waals surface area contributed by atoms with E-state index in [9.17, 15) is 18.3 Å². The standard InChI is InChI=1S/C22H20BrN3O5S2/c1-2-31-17-8-4-16(5-9-17)26-33(29,30)18-10-6-15(7-11-18)24-22(32)25-21(28)14-3-12-20(27)19(23)13-14/h3-13,26-27H,2H2,1H3,(H2,24,25,28,32). The van der Waals surface area contributed by atoms with Crippen LogP contribution in [0.2, 0.25) is 0 Å². The van der Waals surface area contributed by atoms with Gasteiger partial charge in [0.25, 0.3) is 15.9 Å². The summed E-state index contributed by atoms with van der Waals surface area (Å²) in [6, 6.07) is 16.8. The van der Waals surface area contributed by atoms with Gasteiger partial charge in [-0.1, -0.05) is 0 Å². The molecular weight excluding hydrogens is 530 g/mol. The van der Waals surface area contributed by atoms with E-state index in [4.69, 9.17) is 17.0 Å². The molecule has 11 heteroatoms. The van der Waals surface area contributed by atoms with Crippen LogP contribution >= 0.6 is 28.1 Å². The van der Waals surface area contributed by atoms with Gasteiger partial charge in [0.1, 0.15) is 11.5 Å². The number of amides is 1. The third kappa shape index (κ3) is 6.67. The molecule has 0 saturated carbocycles. The third-order valence-electron chi connectivity index (χ3n) is 4.28. The Hall–Kier alpha value is -3.15. The van der Waals surface area contributed by atoms with Crippen molar-refractivity contribution in [3.8, 4) is 11.5 Å². The van der Waals surface area contributed by atoms with Gasteiger partial charge < -0.3 is 15.2 Å². The van der Waals surface area contributed by atoms with E-state index in [1.54, 1.807) is 24.3 Å². The average molecular weight is 550 g/mol. The van der Waals surface area contributed by atoms with Crippen LogP contribution < -0.4 is 20.1 Å². The molecule has 0 aliphatic carbocycles. The number of carbonyl (C=O) groups is 1. The summed E-state index contributed by atoms with van der Waals surface area (Å²) in [7, 11) is -3.79. The average Bonchev–Trinajstić information content (AvgIpc) is 2.77. The summed E-state index contributed by atoms with van der Waals surface area (Å²) in [4.78, 5) is 12.3. The summed E-state index contributed by atoms with van der Waals surface area (Å²) >= 11 is 8.30. The maximum Gasteiger partial charge on any atom is 0.261 e. The zero-order valence-corrected chi connectivity index (χ0v) is 20.6. The quantitative estimate of drug-likeness (QED) is 0.321. The van der Waals surface area contributed by atoms with Crippen molar-refractivity contribution in [3.63, 3.8) is 0 Å². The molecule has 3 rings (SSSR count). The van der Waals surface area contributed by atoms with E-state index in [2.05, 4.69) is 31.3 Å². The minimum Gasteiger partial charge on any atom is -0.507 e. The van der Waals surface area contributed by atoms with Gasteiger partial charge in [-0.05, 0) is 102 Å². The van der Waals surface area contributed by atoms with Crippen molar-refractivity contribution in [2.45, 2.75) is 11.8 Å². The van der Waals surface area contributed by atoms with Gasteiger partial charge in [-0.15, -0.1) is 0 Å². The lowest BCUT2D eigenvalue weighted by Gasteiger charge is -2.12. The van der Waals surface area contributed by atoms with E-state index in [-0.39, 0.29) is 15.8 Å². The van der Waals surface area contributed by atoms with Gasteiger partial charge in [0, 0.05) is 16.9 Å². The fraction of sp³-hybridized carbons (Fsp3) is 0.0909. The highest BCUT2D eigenvalue weighted by Gasteiger charge is 2.15. The Morgan fingerprint density at radius 2 is 1.67 bits per heavy atom. The molecule has 0 bridgehead atoms. The number of benzene rings is 3. The Morgan fingerprint density at radius 1 is 1.03 bits per heavy atom. The molecular formula is C22H20BrN3O5S2. The van der Waals surface area contributed by atoms with Gasteiger partial charge in [-0.25, -0.2) is 8.42 Å². The van der Waals surface area contributed by atoms with Crippen molar-refractivity contribution in [1.82, 2.24) is 5.32 Å². The Balaban J connectivity index is 1.61. The third-order valence-corrected chi connectivity index (χ3v) is 6.51. The Bertz CT molecular complexity index is 1260. The first-order valence-electron chi connectivity index (χ1n) is 9.64. The summed E-state index contributed by atoms with van der Waals surface area (Å²) in [5.74, 6) is 0.197. The van der Waals surface area contributed by atoms with Crippen molar-refractivity contribution in [2.24, 2.45) is 0 Å². The van der Waals surface area contributed by atoms with Gasteiger partial charge in [0.2, 0.25) is 0 Å². The number of carbonyl (C=O) groups excluding carboxylic acids is 1. The van der Waals surface area contributed by atoms with Gasteiger partial charge in [-0.3, -0.25) is 14.8 Å². The van der Waals surface area contributed by atoms with Crippen molar-refractivity contribution in [3.05, 3.63) is 76.8 Å². The normalized spacial score (nSPS) is 10.8. The van der Waals surface area contributed by atoms with E-state index < -0.39 is 15.9 Å². The Kier molecular flexibility index (Phi) is 7.90. The number of nitrogens with one attached hydrogen (secondary N) is 3. The minimum absolute atomic E-state index is 0.0132. The molecule has 0 atom stereocenters. The summed E-state index contributed by atoms with van der Waals surface area (Å²) in [5.41, 5.74) is 1.20. The molecule has 0 heterocycles. The first-order chi connectivity index (χ1) is 15.7. The van der Waals surface area contributed by atoms with E-state index in [1.165, 1.54) is 42.5 Å². The highest BCUT2D eigenvalue weighted by Crippen LogP contribution is 2.24. The lowest BCUT2D eigenvalue weighted by molar-refractivity contribution is 0.0977. The SMILES string of the molecule is CCOc1ccc(NS(=O)(=O)c2ccc(NC(=S)NC(=O)c3ccc(O)c(Br)c3)cc2)cc1. The molecule has 172 valence electrons. The maximum absolute atomic E-state index is 12.6. The van der Waals surface area contributed by atoms with Crippen molar-refractivity contribution >= 4 is 60.6 Å². The van der Waals surface area contributed by atoms with Crippen LogP contribution in [0.3, 0.4) is 0 Å². The van der Waals surface area contributed by atoms with E-state index >= 15 is 0 Å². The van der Waals surface area contributed by atoms with E-state index in [0.717, 1.165) is 0 Å². The van der Waals surface area contributed by atoms with Crippen molar-refractivity contribution in [1.29, 1.82) is 0 Å². The van der Waals surface area contributed by atoms with Crippen LogP contribution in [-0.4, -0.2) is 31.2 Å². The zero-order valence-electron chi connectivity index (χ0n) is 17.3. The Morgan fingerprint density at radius 3 is 2.27 bits per heavy atom. The first kappa shape index (κ1) is 24.5. The Labute approximate surface area is 205 Å². The predicted octanol–water partition coefficient (Wildman–Crippen LogP) is 4.48. The van der Waals surface area contributed by atoms with Crippen LogP contribution in [0.1, 0.15) is 17.3 Å². The number of phenols is 1. The van der Waals surface area contributed by atoms with Crippen LogP contribution in [0, 0.1) is 0 Å². The van der Waals surface area contributed by atoms with E-state index in [0.29, 0.717) is 33.8 Å². The highest BCUT2D eigenvalue weighted by molar-refractivity contribution is 9.10. The summed E-state index contributed by atoms with van der Waals surface area (Å²) < 4.78 is 33.5. The molecule has 1 amide bonds. The second-order valence-corrected chi connectivity index (χ2v) is 9.61.